The number of furan rings is 1. The first-order chi connectivity index (χ1) is 10.6. The Kier molecular flexibility index (Phi) is 4.11. The third-order valence-corrected chi connectivity index (χ3v) is 3.71. The molecule has 4 heteroatoms. The molecule has 112 valence electrons. The lowest BCUT2D eigenvalue weighted by Crippen LogP contribution is -2.30. The lowest BCUT2D eigenvalue weighted by atomic mass is 10.2. The average Bonchev–Trinajstić information content (AvgIpc) is 2.91. The maximum absolute atomic E-state index is 5.85. The van der Waals surface area contributed by atoms with Crippen molar-refractivity contribution < 1.29 is 4.42 Å². The second-order valence-corrected chi connectivity index (χ2v) is 5.78. The van der Waals surface area contributed by atoms with Crippen molar-refractivity contribution in [1.82, 2.24) is 5.32 Å². The summed E-state index contributed by atoms with van der Waals surface area (Å²) in [5.74, 6) is 0.870. The second kappa shape index (κ2) is 6.20. The molecule has 0 aliphatic heterocycles. The summed E-state index contributed by atoms with van der Waals surface area (Å²) >= 11 is 5.37. The molecular formula is C18H18N2OS. The Labute approximate surface area is 135 Å². The normalized spacial score (nSPS) is 12.1. The molecule has 2 N–H and O–H groups in total. The molecule has 0 aliphatic rings. The Hall–Kier alpha value is -2.33. The Balaban J connectivity index is 1.68. The largest absolute Gasteiger partial charge is 0.459 e. The van der Waals surface area contributed by atoms with E-state index in [1.54, 1.807) is 0 Å². The molecule has 0 unspecified atom stereocenters. The highest BCUT2D eigenvalue weighted by Gasteiger charge is 2.12. The molecule has 2 aromatic carbocycles. The van der Waals surface area contributed by atoms with Crippen molar-refractivity contribution in [3.05, 3.63) is 65.9 Å². The van der Waals surface area contributed by atoms with E-state index in [1.807, 2.05) is 49.4 Å². The number of hydrogen-bond acceptors (Lipinski definition) is 2. The van der Waals surface area contributed by atoms with Crippen LogP contribution in [0.1, 0.15) is 24.3 Å². The summed E-state index contributed by atoms with van der Waals surface area (Å²) in [5, 5.41) is 8.13. The van der Waals surface area contributed by atoms with Gasteiger partial charge in [0.2, 0.25) is 0 Å². The van der Waals surface area contributed by atoms with Crippen LogP contribution in [0.3, 0.4) is 0 Å². The van der Waals surface area contributed by atoms with Crippen molar-refractivity contribution in [1.29, 1.82) is 0 Å². The fraction of sp³-hybridized carbons (Fsp3) is 0.167. The van der Waals surface area contributed by atoms with E-state index in [4.69, 9.17) is 16.6 Å². The molecular weight excluding hydrogens is 292 g/mol. The predicted octanol–water partition coefficient (Wildman–Crippen LogP) is 4.79. The van der Waals surface area contributed by atoms with Gasteiger partial charge in [0.15, 0.2) is 5.11 Å². The number of rotatable bonds is 3. The quantitative estimate of drug-likeness (QED) is 0.682. The average molecular weight is 310 g/mol. The summed E-state index contributed by atoms with van der Waals surface area (Å²) in [6, 6.07) is 18.1. The number of fused-ring (bicyclic) bond motifs is 1. The number of anilines is 1. The van der Waals surface area contributed by atoms with Gasteiger partial charge in [0.1, 0.15) is 11.3 Å². The van der Waals surface area contributed by atoms with Gasteiger partial charge in [0.05, 0.1) is 6.04 Å². The summed E-state index contributed by atoms with van der Waals surface area (Å²) in [7, 11) is 0. The van der Waals surface area contributed by atoms with Crippen molar-refractivity contribution in [2.24, 2.45) is 0 Å². The highest BCUT2D eigenvalue weighted by atomic mass is 32.1. The van der Waals surface area contributed by atoms with Crippen molar-refractivity contribution >= 4 is 34.0 Å². The van der Waals surface area contributed by atoms with Gasteiger partial charge in [-0.05, 0) is 55.9 Å². The monoisotopic (exact) mass is 310 g/mol. The summed E-state index contributed by atoms with van der Waals surface area (Å²) in [6.45, 7) is 4.08. The van der Waals surface area contributed by atoms with E-state index < -0.39 is 0 Å². The summed E-state index contributed by atoms with van der Waals surface area (Å²) in [5.41, 5.74) is 3.07. The van der Waals surface area contributed by atoms with Crippen LogP contribution in [0, 0.1) is 6.92 Å². The van der Waals surface area contributed by atoms with E-state index in [-0.39, 0.29) is 6.04 Å². The van der Waals surface area contributed by atoms with Gasteiger partial charge in [0, 0.05) is 11.1 Å². The second-order valence-electron chi connectivity index (χ2n) is 5.38. The molecule has 0 saturated heterocycles. The van der Waals surface area contributed by atoms with Crippen LogP contribution in [0.5, 0.6) is 0 Å². The van der Waals surface area contributed by atoms with Crippen LogP contribution in [0.4, 0.5) is 5.69 Å². The zero-order valence-corrected chi connectivity index (χ0v) is 13.4. The number of hydrogen-bond donors (Lipinski definition) is 2. The van der Waals surface area contributed by atoms with Gasteiger partial charge >= 0.3 is 0 Å². The summed E-state index contributed by atoms with van der Waals surface area (Å²) in [6.07, 6.45) is 0. The van der Waals surface area contributed by atoms with Gasteiger partial charge in [-0.25, -0.2) is 0 Å². The molecule has 3 rings (SSSR count). The highest BCUT2D eigenvalue weighted by Crippen LogP contribution is 2.23. The van der Waals surface area contributed by atoms with Gasteiger partial charge in [-0.3, -0.25) is 0 Å². The molecule has 3 aromatic rings. The first-order valence-corrected chi connectivity index (χ1v) is 7.65. The minimum absolute atomic E-state index is 0.00258. The van der Waals surface area contributed by atoms with E-state index in [1.165, 1.54) is 5.56 Å². The van der Waals surface area contributed by atoms with E-state index in [0.717, 1.165) is 22.4 Å². The summed E-state index contributed by atoms with van der Waals surface area (Å²) in [4.78, 5) is 0. The Bertz CT molecular complexity index is 776. The third-order valence-electron chi connectivity index (χ3n) is 3.49. The molecule has 3 nitrogen and oxygen atoms in total. The van der Waals surface area contributed by atoms with Crippen LogP contribution in [-0.2, 0) is 0 Å². The number of thiocarbonyl (C=S) groups is 1. The van der Waals surface area contributed by atoms with Crippen LogP contribution in [0.25, 0.3) is 11.0 Å². The Morgan fingerprint density at radius 2 is 1.91 bits per heavy atom. The Morgan fingerprint density at radius 1 is 1.09 bits per heavy atom. The van der Waals surface area contributed by atoms with Crippen LogP contribution in [0.2, 0.25) is 0 Å². The molecule has 1 heterocycles. The molecule has 0 fully saturated rings. The van der Waals surface area contributed by atoms with Gasteiger partial charge in [-0.2, -0.15) is 0 Å². The van der Waals surface area contributed by atoms with Gasteiger partial charge in [-0.1, -0.05) is 30.3 Å². The molecule has 0 spiro atoms. The molecule has 1 aromatic heterocycles. The molecule has 0 radical (unpaired) electrons. The standard InChI is InChI=1S/C18H18N2OS/c1-12-6-5-8-15(10-12)20-18(22)19-13(2)17-11-14-7-3-4-9-16(14)21-17/h3-11,13H,1-2H3,(H2,19,20,22)/t13-/m1/s1. The van der Waals surface area contributed by atoms with Crippen LogP contribution in [-0.4, -0.2) is 5.11 Å². The fourth-order valence-electron chi connectivity index (χ4n) is 2.37. The lowest BCUT2D eigenvalue weighted by Gasteiger charge is -2.15. The molecule has 0 saturated carbocycles. The van der Waals surface area contributed by atoms with Crippen molar-refractivity contribution in [2.75, 3.05) is 5.32 Å². The third kappa shape index (κ3) is 3.28. The number of nitrogens with one attached hydrogen (secondary N) is 2. The van der Waals surface area contributed by atoms with Crippen LogP contribution >= 0.6 is 12.2 Å². The van der Waals surface area contributed by atoms with Gasteiger partial charge in [-0.15, -0.1) is 0 Å². The summed E-state index contributed by atoms with van der Waals surface area (Å²) < 4.78 is 5.85. The molecule has 1 atom stereocenters. The van der Waals surface area contributed by atoms with Crippen molar-refractivity contribution in [3.63, 3.8) is 0 Å². The predicted molar refractivity (Wildman–Crippen MR) is 95.2 cm³/mol. The number of benzene rings is 2. The van der Waals surface area contributed by atoms with Crippen LogP contribution < -0.4 is 10.6 Å². The lowest BCUT2D eigenvalue weighted by molar-refractivity contribution is 0.493. The van der Waals surface area contributed by atoms with Crippen LogP contribution in [0.15, 0.2) is 59.0 Å². The molecule has 0 aliphatic carbocycles. The highest BCUT2D eigenvalue weighted by molar-refractivity contribution is 7.80. The minimum atomic E-state index is -0.00258. The maximum atomic E-state index is 5.85. The Morgan fingerprint density at radius 3 is 2.68 bits per heavy atom. The van der Waals surface area contributed by atoms with E-state index in [0.29, 0.717) is 5.11 Å². The van der Waals surface area contributed by atoms with Crippen molar-refractivity contribution in [3.8, 4) is 0 Å². The first kappa shape index (κ1) is 14.6. The maximum Gasteiger partial charge on any atom is 0.171 e. The molecule has 22 heavy (non-hydrogen) atoms. The smallest absolute Gasteiger partial charge is 0.171 e. The van der Waals surface area contributed by atoms with Gasteiger partial charge in [0.25, 0.3) is 0 Å². The van der Waals surface area contributed by atoms with Crippen molar-refractivity contribution in [2.45, 2.75) is 19.9 Å². The zero-order chi connectivity index (χ0) is 15.5. The fourth-order valence-corrected chi connectivity index (χ4v) is 2.67. The van der Waals surface area contributed by atoms with E-state index >= 15 is 0 Å². The molecule has 0 bridgehead atoms. The number of para-hydroxylation sites is 1. The minimum Gasteiger partial charge on any atom is -0.459 e. The van der Waals surface area contributed by atoms with Gasteiger partial charge < -0.3 is 15.1 Å². The molecule has 0 amide bonds. The van der Waals surface area contributed by atoms with E-state index in [2.05, 4.69) is 29.7 Å². The van der Waals surface area contributed by atoms with E-state index in [9.17, 15) is 0 Å². The zero-order valence-electron chi connectivity index (χ0n) is 12.6. The topological polar surface area (TPSA) is 37.2 Å². The first-order valence-electron chi connectivity index (χ1n) is 7.24. The number of aryl methyl sites for hydroxylation is 1. The SMILES string of the molecule is Cc1cccc(NC(=S)N[C@H](C)c2cc3ccccc3o2)c1.